The number of hydrogen-bond donors (Lipinski definition) is 3. The number of fused-ring (bicyclic) bond motifs is 1. The third kappa shape index (κ3) is 11.2. The lowest BCUT2D eigenvalue weighted by Crippen LogP contribution is -2.53. The molecule has 0 spiro atoms. The summed E-state index contributed by atoms with van der Waals surface area (Å²) in [6.07, 6.45) is 10.6. The fourth-order valence-corrected chi connectivity index (χ4v) is 10.8. The van der Waals surface area contributed by atoms with Crippen LogP contribution in [-0.2, 0) is 27.0 Å². The molecule has 5 aromatic rings. The summed E-state index contributed by atoms with van der Waals surface area (Å²) < 4.78 is 20.1. The summed E-state index contributed by atoms with van der Waals surface area (Å²) in [6, 6.07) is 15.4. The third-order valence-electron chi connectivity index (χ3n) is 12.5. The lowest BCUT2D eigenvalue weighted by Gasteiger charge is -2.43. The smallest absolute Gasteiger partial charge is 0.229 e. The summed E-state index contributed by atoms with van der Waals surface area (Å²) in [7, 11) is -1.07. The lowest BCUT2D eigenvalue weighted by atomic mass is 9.91. The predicted molar refractivity (Wildman–Crippen MR) is 257 cm³/mol. The summed E-state index contributed by atoms with van der Waals surface area (Å²) in [6.45, 7) is 17.3. The average molecular weight is 940 g/mol. The van der Waals surface area contributed by atoms with E-state index in [1.165, 1.54) is 27.9 Å². The van der Waals surface area contributed by atoms with Gasteiger partial charge in [-0.3, -0.25) is 29.8 Å². The molecule has 334 valence electrons. The first kappa shape index (κ1) is 46.1. The van der Waals surface area contributed by atoms with Crippen molar-refractivity contribution in [2.45, 2.75) is 71.3 Å². The second-order valence-corrected chi connectivity index (χ2v) is 21.1. The fraction of sp³-hybridized carbons (Fsp3) is 0.447. The number of aryl methyl sites for hydroxylation is 2. The zero-order valence-corrected chi connectivity index (χ0v) is 39.8. The van der Waals surface area contributed by atoms with Crippen molar-refractivity contribution >= 4 is 80.6 Å². The van der Waals surface area contributed by atoms with Gasteiger partial charge in [0.05, 0.1) is 33.8 Å². The van der Waals surface area contributed by atoms with Crippen LogP contribution in [0.25, 0.3) is 11.0 Å². The fourth-order valence-electron chi connectivity index (χ4n) is 9.09. The average Bonchev–Trinajstić information content (AvgIpc) is 3.28. The molecule has 0 saturated carbocycles. The van der Waals surface area contributed by atoms with Crippen LogP contribution in [0.4, 0.5) is 28.8 Å². The molecule has 63 heavy (non-hydrogen) atoms. The van der Waals surface area contributed by atoms with Crippen LogP contribution in [0.2, 0.25) is 0 Å². The van der Waals surface area contributed by atoms with E-state index in [-0.39, 0.29) is 11.8 Å². The number of ether oxygens (including phenoxy) is 1. The summed E-state index contributed by atoms with van der Waals surface area (Å²) >= 11 is 3.60. The Morgan fingerprint density at radius 3 is 2.44 bits per heavy atom. The standard InChI is InChI=1S/C47H60BrN10O4P/c1-7-34-27-40(54-47-51-29-37(48)46(55-47)53-39-12-11-38-44(50-18-17-49-38)45(39)63(5,6)61)42(62-4)28-41(34)58-20-15-35(16-21-58)57-24-22-56(23-25-57)19-14-33-9-10-36(32(3)26-33)31(2)8-13-43(60)52-30-59/h9-12,17-18,26-31,35H,7-8,13-16,19-25H2,1-6H3,(H,52,59,60)(H2,51,53,54,55). The van der Waals surface area contributed by atoms with Gasteiger partial charge in [0.1, 0.15) is 24.2 Å². The van der Waals surface area contributed by atoms with Crippen molar-refractivity contribution in [1.29, 1.82) is 0 Å². The molecular formula is C47H60BrN10O4P. The SMILES string of the molecule is CCc1cc(Nc2ncc(Br)c(Nc3ccc4nccnc4c3P(C)(C)=O)n2)c(OC)cc1N1CCC(N2CCN(CCc3ccc(C(C)CCC(=O)NC=O)c(C)c3)CC2)CC1. The number of benzene rings is 3. The molecule has 14 nitrogen and oxygen atoms in total. The number of nitrogens with one attached hydrogen (secondary N) is 3. The van der Waals surface area contributed by atoms with Gasteiger partial charge >= 0.3 is 0 Å². The summed E-state index contributed by atoms with van der Waals surface area (Å²) in [5.41, 5.74) is 9.03. The van der Waals surface area contributed by atoms with Crippen molar-refractivity contribution in [2.24, 2.45) is 0 Å². The van der Waals surface area contributed by atoms with E-state index < -0.39 is 7.14 Å². The molecule has 1 unspecified atom stereocenters. The lowest BCUT2D eigenvalue weighted by molar-refractivity contribution is -0.125. The van der Waals surface area contributed by atoms with Gasteiger partial charge in [0.2, 0.25) is 18.3 Å². The molecule has 0 radical (unpaired) electrons. The van der Waals surface area contributed by atoms with Crippen molar-refractivity contribution in [3.63, 3.8) is 0 Å². The predicted octanol–water partition coefficient (Wildman–Crippen LogP) is 7.78. The Morgan fingerprint density at radius 2 is 1.75 bits per heavy atom. The van der Waals surface area contributed by atoms with E-state index in [9.17, 15) is 14.2 Å². The molecule has 1 atom stereocenters. The second kappa shape index (κ2) is 20.7. The van der Waals surface area contributed by atoms with Crippen molar-refractivity contribution in [3.05, 3.63) is 87.8 Å². The number of amides is 2. The first-order chi connectivity index (χ1) is 30.3. The Morgan fingerprint density at radius 1 is 0.984 bits per heavy atom. The van der Waals surface area contributed by atoms with E-state index in [0.29, 0.717) is 69.3 Å². The number of imide groups is 1. The van der Waals surface area contributed by atoms with Crippen molar-refractivity contribution in [3.8, 4) is 5.75 Å². The molecule has 0 bridgehead atoms. The van der Waals surface area contributed by atoms with E-state index in [1.54, 1.807) is 39.0 Å². The monoisotopic (exact) mass is 938 g/mol. The quantitative estimate of drug-likeness (QED) is 0.0614. The number of nitrogens with zero attached hydrogens (tertiary/aromatic N) is 7. The number of halogens is 1. The molecule has 2 aliphatic heterocycles. The topological polar surface area (TPSA) is 158 Å². The van der Waals surface area contributed by atoms with Gasteiger partial charge in [0.15, 0.2) is 0 Å². The first-order valence-electron chi connectivity index (χ1n) is 22.0. The maximum atomic E-state index is 13.5. The number of aromatic nitrogens is 4. The highest BCUT2D eigenvalue weighted by Gasteiger charge is 2.29. The summed E-state index contributed by atoms with van der Waals surface area (Å²) in [5, 5.41) is 9.66. The zero-order valence-electron chi connectivity index (χ0n) is 37.3. The van der Waals surface area contributed by atoms with E-state index in [1.807, 2.05) is 12.1 Å². The molecule has 3 N–H and O–H groups in total. The van der Waals surface area contributed by atoms with E-state index >= 15 is 0 Å². The maximum Gasteiger partial charge on any atom is 0.229 e. The summed E-state index contributed by atoms with van der Waals surface area (Å²) in [4.78, 5) is 48.4. The van der Waals surface area contributed by atoms with Crippen LogP contribution in [0.3, 0.4) is 0 Å². The Kier molecular flexibility index (Phi) is 15.1. The molecule has 2 amide bonds. The van der Waals surface area contributed by atoms with Gasteiger partial charge in [-0.2, -0.15) is 4.98 Å². The molecule has 3 aromatic carbocycles. The molecule has 2 aliphatic rings. The third-order valence-corrected chi connectivity index (χ3v) is 14.6. The second-order valence-electron chi connectivity index (χ2n) is 17.1. The van der Waals surface area contributed by atoms with Crippen molar-refractivity contribution < 1.29 is 18.9 Å². The van der Waals surface area contributed by atoms with Crippen LogP contribution in [0.5, 0.6) is 5.75 Å². The van der Waals surface area contributed by atoms with Crippen LogP contribution in [0.15, 0.2) is 65.5 Å². The van der Waals surface area contributed by atoms with Gasteiger partial charge in [-0.1, -0.05) is 32.0 Å². The van der Waals surface area contributed by atoms with Gasteiger partial charge in [-0.15, -0.1) is 0 Å². The summed E-state index contributed by atoms with van der Waals surface area (Å²) in [5.74, 6) is 1.65. The Balaban J connectivity index is 0.930. The Bertz CT molecular complexity index is 2470. The molecule has 16 heteroatoms. The number of methoxy groups -OCH3 is 1. The van der Waals surface area contributed by atoms with Crippen LogP contribution in [-0.4, -0.2) is 114 Å². The molecule has 2 saturated heterocycles. The minimum atomic E-state index is -2.77. The van der Waals surface area contributed by atoms with Gasteiger partial charge < -0.3 is 29.7 Å². The largest absolute Gasteiger partial charge is 0.494 e. The maximum absolute atomic E-state index is 13.5. The minimum absolute atomic E-state index is 0.225. The van der Waals surface area contributed by atoms with Crippen LogP contribution < -0.4 is 30.9 Å². The minimum Gasteiger partial charge on any atom is -0.494 e. The molecule has 2 fully saturated rings. The highest BCUT2D eigenvalue weighted by Crippen LogP contribution is 2.42. The van der Waals surface area contributed by atoms with E-state index in [0.717, 1.165) is 77.2 Å². The van der Waals surface area contributed by atoms with Crippen molar-refractivity contribution in [2.75, 3.05) is 81.8 Å². The number of rotatable bonds is 17. The molecule has 4 heterocycles. The van der Waals surface area contributed by atoms with Gasteiger partial charge in [-0.05, 0) is 115 Å². The number of piperidine rings is 1. The van der Waals surface area contributed by atoms with Gasteiger partial charge in [-0.25, -0.2) is 4.98 Å². The van der Waals surface area contributed by atoms with Crippen LogP contribution in [0.1, 0.15) is 67.7 Å². The van der Waals surface area contributed by atoms with Gasteiger partial charge in [0, 0.05) is 88.6 Å². The zero-order chi connectivity index (χ0) is 44.7. The number of anilines is 5. The van der Waals surface area contributed by atoms with Crippen molar-refractivity contribution in [1.82, 2.24) is 35.1 Å². The molecule has 7 rings (SSSR count). The van der Waals surface area contributed by atoms with Crippen LogP contribution >= 0.6 is 23.1 Å². The molecule has 0 aliphatic carbocycles. The first-order valence-corrected chi connectivity index (χ1v) is 25.3. The molecular weight excluding hydrogens is 879 g/mol. The molecule has 2 aromatic heterocycles. The number of hydrogen-bond acceptors (Lipinski definition) is 13. The Hall–Kier alpha value is -4.95. The highest BCUT2D eigenvalue weighted by atomic mass is 79.9. The normalized spacial score (nSPS) is 15.9. The van der Waals surface area contributed by atoms with Gasteiger partial charge in [0.25, 0.3) is 0 Å². The number of carbonyl (C=O) groups excluding carboxylic acids is 2. The highest BCUT2D eigenvalue weighted by molar-refractivity contribution is 9.10. The number of carbonyl (C=O) groups is 2. The van der Waals surface area contributed by atoms with E-state index in [4.69, 9.17) is 9.72 Å². The number of piperazine rings is 1. The Labute approximate surface area is 379 Å². The van der Waals surface area contributed by atoms with Crippen LogP contribution in [0, 0.1) is 6.92 Å². The van der Waals surface area contributed by atoms with E-state index in [2.05, 4.69) is 113 Å².